The van der Waals surface area contributed by atoms with Gasteiger partial charge in [-0.1, -0.05) is 35.9 Å². The van der Waals surface area contributed by atoms with E-state index < -0.39 is 0 Å². The first-order chi connectivity index (χ1) is 12.7. The van der Waals surface area contributed by atoms with Gasteiger partial charge in [-0.15, -0.1) is 0 Å². The minimum Gasteiger partial charge on any atom is -0.497 e. The van der Waals surface area contributed by atoms with Crippen molar-refractivity contribution in [2.24, 2.45) is 0 Å². The van der Waals surface area contributed by atoms with Crippen LogP contribution in [0.25, 0.3) is 21.7 Å². The highest BCUT2D eigenvalue weighted by molar-refractivity contribution is 6.35. The molecule has 130 valence electrons. The van der Waals surface area contributed by atoms with Crippen molar-refractivity contribution < 1.29 is 18.7 Å². The van der Waals surface area contributed by atoms with Crippen LogP contribution in [0.1, 0.15) is 5.56 Å². The zero-order chi connectivity index (χ0) is 18.1. The molecule has 1 heterocycles. The quantitative estimate of drug-likeness (QED) is 0.358. The fourth-order valence-electron chi connectivity index (χ4n) is 2.97. The van der Waals surface area contributed by atoms with Gasteiger partial charge in [-0.05, 0) is 24.3 Å². The molecule has 0 atom stereocenters. The van der Waals surface area contributed by atoms with E-state index in [0.717, 1.165) is 21.7 Å². The summed E-state index contributed by atoms with van der Waals surface area (Å²) in [6.07, 6.45) is 1.68. The van der Waals surface area contributed by atoms with E-state index in [1.165, 1.54) is 0 Å². The van der Waals surface area contributed by atoms with Gasteiger partial charge < -0.3 is 13.9 Å². The molecular formula is C21H15ClO4. The van der Waals surface area contributed by atoms with E-state index in [1.54, 1.807) is 31.6 Å². The van der Waals surface area contributed by atoms with E-state index in [-0.39, 0.29) is 12.4 Å². The van der Waals surface area contributed by atoms with Gasteiger partial charge in [0.05, 0.1) is 19.8 Å². The molecule has 0 aliphatic heterocycles. The van der Waals surface area contributed by atoms with Crippen LogP contribution in [-0.4, -0.2) is 13.1 Å². The maximum Gasteiger partial charge on any atom is 0.315 e. The number of rotatable bonds is 4. The zero-order valence-corrected chi connectivity index (χ0v) is 14.7. The molecule has 1 aromatic heterocycles. The van der Waals surface area contributed by atoms with Crippen molar-refractivity contribution in [3.8, 4) is 11.5 Å². The van der Waals surface area contributed by atoms with Crippen molar-refractivity contribution in [2.75, 3.05) is 7.11 Å². The van der Waals surface area contributed by atoms with Crippen LogP contribution >= 0.6 is 11.6 Å². The Kier molecular flexibility index (Phi) is 4.27. The number of carbonyl (C=O) groups excluding carboxylic acids is 1. The second-order valence-electron chi connectivity index (χ2n) is 5.86. The van der Waals surface area contributed by atoms with Gasteiger partial charge >= 0.3 is 5.97 Å². The molecule has 4 aromatic rings. The van der Waals surface area contributed by atoms with Crippen molar-refractivity contribution in [1.82, 2.24) is 0 Å². The molecule has 26 heavy (non-hydrogen) atoms. The molecule has 5 heteroatoms. The Morgan fingerprint density at radius 1 is 1.04 bits per heavy atom. The van der Waals surface area contributed by atoms with Crippen molar-refractivity contribution in [1.29, 1.82) is 0 Å². The summed E-state index contributed by atoms with van der Waals surface area (Å²) >= 11 is 6.21. The Labute approximate surface area is 154 Å². The van der Waals surface area contributed by atoms with Gasteiger partial charge in [-0.25, -0.2) is 0 Å². The second-order valence-corrected chi connectivity index (χ2v) is 6.27. The second kappa shape index (κ2) is 6.73. The normalized spacial score (nSPS) is 11.0. The summed E-state index contributed by atoms with van der Waals surface area (Å²) in [7, 11) is 1.60. The average Bonchev–Trinajstić information content (AvgIpc) is 3.06. The number of fused-ring (bicyclic) bond motifs is 2. The molecule has 0 aliphatic rings. The van der Waals surface area contributed by atoms with Crippen LogP contribution in [0.15, 0.2) is 65.3 Å². The van der Waals surface area contributed by atoms with Gasteiger partial charge in [0.2, 0.25) is 0 Å². The first-order valence-electron chi connectivity index (χ1n) is 8.08. The Balaban J connectivity index is 1.59. The molecule has 0 bridgehead atoms. The van der Waals surface area contributed by atoms with Crippen LogP contribution in [0.5, 0.6) is 11.5 Å². The number of methoxy groups -OCH3 is 1. The van der Waals surface area contributed by atoms with Crippen LogP contribution in [0.4, 0.5) is 0 Å². The lowest BCUT2D eigenvalue weighted by molar-refractivity contribution is -0.133. The number of carbonyl (C=O) groups is 1. The Bertz CT molecular complexity index is 1110. The Hall–Kier alpha value is -2.98. The maximum atomic E-state index is 12.5. The van der Waals surface area contributed by atoms with Crippen LogP contribution in [-0.2, 0) is 11.2 Å². The first-order valence-corrected chi connectivity index (χ1v) is 8.45. The Morgan fingerprint density at radius 3 is 2.65 bits per heavy atom. The van der Waals surface area contributed by atoms with E-state index in [0.29, 0.717) is 22.1 Å². The summed E-state index contributed by atoms with van der Waals surface area (Å²) in [4.78, 5) is 12.5. The summed E-state index contributed by atoms with van der Waals surface area (Å²) in [6, 6.07) is 16.5. The number of ether oxygens (including phenoxy) is 2. The lowest BCUT2D eigenvalue weighted by atomic mass is 10.1. The highest BCUT2D eigenvalue weighted by Gasteiger charge is 2.14. The van der Waals surface area contributed by atoms with E-state index in [2.05, 4.69) is 0 Å². The first kappa shape index (κ1) is 16.5. The lowest BCUT2D eigenvalue weighted by Crippen LogP contribution is -2.11. The van der Waals surface area contributed by atoms with Gasteiger partial charge in [0.1, 0.15) is 17.1 Å². The summed E-state index contributed by atoms with van der Waals surface area (Å²) in [5.41, 5.74) is 1.44. The molecule has 4 rings (SSSR count). The van der Waals surface area contributed by atoms with Crippen LogP contribution in [0, 0.1) is 0 Å². The number of furan rings is 1. The third-order valence-electron chi connectivity index (χ3n) is 4.25. The van der Waals surface area contributed by atoms with Gasteiger partial charge in [-0.3, -0.25) is 4.79 Å². The summed E-state index contributed by atoms with van der Waals surface area (Å²) in [6.45, 7) is 0. The van der Waals surface area contributed by atoms with Crippen LogP contribution in [0.3, 0.4) is 0 Å². The van der Waals surface area contributed by atoms with Crippen molar-refractivity contribution in [2.45, 2.75) is 6.42 Å². The van der Waals surface area contributed by atoms with Gasteiger partial charge in [0, 0.05) is 32.8 Å². The third kappa shape index (κ3) is 3.00. The summed E-state index contributed by atoms with van der Waals surface area (Å²) < 4.78 is 16.3. The predicted octanol–water partition coefficient (Wildman–Crippen LogP) is 5.40. The van der Waals surface area contributed by atoms with Crippen LogP contribution in [0.2, 0.25) is 5.02 Å². The van der Waals surface area contributed by atoms with E-state index in [4.69, 9.17) is 25.5 Å². The summed E-state index contributed by atoms with van der Waals surface area (Å²) in [5, 5.41) is 3.13. The highest BCUT2D eigenvalue weighted by atomic mass is 35.5. The minimum atomic E-state index is -0.365. The molecule has 0 fully saturated rings. The molecule has 0 unspecified atom stereocenters. The van der Waals surface area contributed by atoms with Gasteiger partial charge in [-0.2, -0.15) is 0 Å². The monoisotopic (exact) mass is 366 g/mol. The largest absolute Gasteiger partial charge is 0.497 e. The average molecular weight is 367 g/mol. The smallest absolute Gasteiger partial charge is 0.315 e. The predicted molar refractivity (Wildman–Crippen MR) is 101 cm³/mol. The number of hydrogen-bond acceptors (Lipinski definition) is 4. The minimum absolute atomic E-state index is 0.107. The SMILES string of the molecule is COc1ccc2c(CC(=O)Oc3ccc(Cl)c4ccccc34)coc2c1. The molecular weight excluding hydrogens is 352 g/mol. The van der Waals surface area contributed by atoms with Gasteiger partial charge in [0.15, 0.2) is 0 Å². The molecule has 0 amide bonds. The number of halogens is 1. The zero-order valence-electron chi connectivity index (χ0n) is 14.0. The number of benzene rings is 3. The molecule has 0 radical (unpaired) electrons. The fourth-order valence-corrected chi connectivity index (χ4v) is 3.19. The lowest BCUT2D eigenvalue weighted by Gasteiger charge is -2.08. The molecule has 0 N–H and O–H groups in total. The van der Waals surface area contributed by atoms with Crippen molar-refractivity contribution in [3.05, 3.63) is 71.4 Å². The van der Waals surface area contributed by atoms with Crippen molar-refractivity contribution in [3.63, 3.8) is 0 Å². The fraction of sp³-hybridized carbons (Fsp3) is 0.0952. The molecule has 0 saturated carbocycles. The van der Waals surface area contributed by atoms with Crippen molar-refractivity contribution >= 4 is 39.3 Å². The molecule has 4 nitrogen and oxygen atoms in total. The van der Waals surface area contributed by atoms with E-state index in [1.807, 2.05) is 36.4 Å². The topological polar surface area (TPSA) is 48.7 Å². The number of esters is 1. The maximum absolute atomic E-state index is 12.5. The summed E-state index contributed by atoms with van der Waals surface area (Å²) in [5.74, 6) is 0.828. The standard InChI is InChI=1S/C21H15ClO4/c1-24-14-6-7-15-13(12-25-20(15)11-14)10-21(23)26-19-9-8-18(22)16-4-2-3-5-17(16)19/h2-9,11-12H,10H2,1H3. The third-order valence-corrected chi connectivity index (χ3v) is 4.58. The Morgan fingerprint density at radius 2 is 1.85 bits per heavy atom. The highest BCUT2D eigenvalue weighted by Crippen LogP contribution is 2.32. The molecule has 0 spiro atoms. The van der Waals surface area contributed by atoms with Gasteiger partial charge in [0.25, 0.3) is 0 Å². The molecule has 3 aromatic carbocycles. The van der Waals surface area contributed by atoms with Crippen LogP contribution < -0.4 is 9.47 Å². The van der Waals surface area contributed by atoms with E-state index >= 15 is 0 Å². The van der Waals surface area contributed by atoms with E-state index in [9.17, 15) is 4.79 Å². The molecule has 0 saturated heterocycles. The molecule has 0 aliphatic carbocycles. The number of hydrogen-bond donors (Lipinski definition) is 0.